The highest BCUT2D eigenvalue weighted by Gasteiger charge is 2.09. The highest BCUT2D eigenvalue weighted by Crippen LogP contribution is 2.17. The average molecular weight is 255 g/mol. The first-order chi connectivity index (χ1) is 9.17. The third-order valence-electron chi connectivity index (χ3n) is 3.40. The Bertz CT molecular complexity index is 519. The number of hydrogen-bond donors (Lipinski definition) is 2. The molecule has 2 nitrogen and oxygen atoms in total. The lowest BCUT2D eigenvalue weighted by Crippen LogP contribution is -2.19. The zero-order chi connectivity index (χ0) is 13.7. The molecular weight excluding hydrogens is 234 g/mol. The van der Waals surface area contributed by atoms with E-state index in [1.54, 1.807) is 12.1 Å². The van der Waals surface area contributed by atoms with Crippen molar-refractivity contribution in [3.05, 3.63) is 65.2 Å². The summed E-state index contributed by atoms with van der Waals surface area (Å²) in [6, 6.07) is 16.0. The molecule has 19 heavy (non-hydrogen) atoms. The van der Waals surface area contributed by atoms with Gasteiger partial charge in [-0.25, -0.2) is 0 Å². The van der Waals surface area contributed by atoms with Gasteiger partial charge in [0, 0.05) is 0 Å². The normalized spacial score (nSPS) is 12.3. The van der Waals surface area contributed by atoms with Crippen molar-refractivity contribution in [2.24, 2.45) is 11.7 Å². The Kier molecular flexibility index (Phi) is 4.58. The van der Waals surface area contributed by atoms with Crippen molar-refractivity contribution in [2.75, 3.05) is 6.54 Å². The van der Waals surface area contributed by atoms with Crippen LogP contribution in [0.3, 0.4) is 0 Å². The van der Waals surface area contributed by atoms with E-state index in [0.717, 1.165) is 12.8 Å². The lowest BCUT2D eigenvalue weighted by Gasteiger charge is -2.15. The van der Waals surface area contributed by atoms with E-state index in [4.69, 9.17) is 5.73 Å². The quantitative estimate of drug-likeness (QED) is 0.862. The third kappa shape index (κ3) is 4.11. The van der Waals surface area contributed by atoms with E-state index in [9.17, 15) is 5.11 Å². The molecule has 2 aromatic rings. The van der Waals surface area contributed by atoms with E-state index in [1.165, 1.54) is 16.7 Å². The lowest BCUT2D eigenvalue weighted by atomic mass is 9.92. The number of hydrogen-bond acceptors (Lipinski definition) is 2. The molecule has 0 bridgehead atoms. The molecule has 3 N–H and O–H groups in total. The number of rotatable bonds is 5. The first-order valence-electron chi connectivity index (χ1n) is 6.71. The molecule has 1 atom stereocenters. The van der Waals surface area contributed by atoms with Crippen LogP contribution in [0.25, 0.3) is 0 Å². The molecule has 2 rings (SSSR count). The topological polar surface area (TPSA) is 46.2 Å². The van der Waals surface area contributed by atoms with Crippen LogP contribution in [0, 0.1) is 12.8 Å². The van der Waals surface area contributed by atoms with E-state index in [1.807, 2.05) is 12.1 Å². The predicted molar refractivity (Wildman–Crippen MR) is 79.2 cm³/mol. The molecular formula is C17H21NO. The average Bonchev–Trinajstić information content (AvgIpc) is 2.40. The molecule has 0 fully saturated rings. The summed E-state index contributed by atoms with van der Waals surface area (Å²) in [6.45, 7) is 2.79. The Hall–Kier alpha value is -1.80. The fourth-order valence-corrected chi connectivity index (χ4v) is 2.38. The molecule has 0 aliphatic heterocycles. The zero-order valence-electron chi connectivity index (χ0n) is 11.3. The summed E-state index contributed by atoms with van der Waals surface area (Å²) in [6.07, 6.45) is 1.95. The van der Waals surface area contributed by atoms with Crippen LogP contribution in [-0.2, 0) is 12.8 Å². The molecule has 0 aliphatic rings. The van der Waals surface area contributed by atoms with Gasteiger partial charge in [0.05, 0.1) is 0 Å². The van der Waals surface area contributed by atoms with Gasteiger partial charge in [-0.05, 0) is 55.5 Å². The van der Waals surface area contributed by atoms with Crippen LogP contribution in [0.2, 0.25) is 0 Å². The van der Waals surface area contributed by atoms with Gasteiger partial charge in [0.15, 0.2) is 0 Å². The first-order valence-corrected chi connectivity index (χ1v) is 6.71. The van der Waals surface area contributed by atoms with E-state index < -0.39 is 0 Å². The van der Waals surface area contributed by atoms with Gasteiger partial charge in [-0.3, -0.25) is 0 Å². The largest absolute Gasteiger partial charge is 0.508 e. The van der Waals surface area contributed by atoms with Crippen LogP contribution in [0.1, 0.15) is 16.7 Å². The molecule has 0 saturated heterocycles. The van der Waals surface area contributed by atoms with Crippen molar-refractivity contribution in [3.8, 4) is 5.75 Å². The van der Waals surface area contributed by atoms with Gasteiger partial charge in [0.25, 0.3) is 0 Å². The predicted octanol–water partition coefficient (Wildman–Crippen LogP) is 3.06. The Labute approximate surface area is 114 Å². The maximum Gasteiger partial charge on any atom is 0.115 e. The third-order valence-corrected chi connectivity index (χ3v) is 3.40. The lowest BCUT2D eigenvalue weighted by molar-refractivity contribution is 0.474. The summed E-state index contributed by atoms with van der Waals surface area (Å²) < 4.78 is 0. The van der Waals surface area contributed by atoms with E-state index in [2.05, 4.69) is 31.2 Å². The Morgan fingerprint density at radius 2 is 1.68 bits per heavy atom. The summed E-state index contributed by atoms with van der Waals surface area (Å²) in [4.78, 5) is 0. The fraction of sp³-hybridized carbons (Fsp3) is 0.294. The second-order valence-electron chi connectivity index (χ2n) is 5.17. The van der Waals surface area contributed by atoms with Gasteiger partial charge < -0.3 is 10.8 Å². The van der Waals surface area contributed by atoms with Gasteiger partial charge in [-0.1, -0.05) is 42.0 Å². The van der Waals surface area contributed by atoms with Crippen molar-refractivity contribution in [1.82, 2.24) is 0 Å². The first kappa shape index (κ1) is 13.6. The molecule has 0 aromatic heterocycles. The maximum absolute atomic E-state index is 9.29. The number of aryl methyl sites for hydroxylation is 1. The molecule has 0 radical (unpaired) electrons. The summed E-state index contributed by atoms with van der Waals surface area (Å²) in [5.74, 6) is 0.748. The van der Waals surface area contributed by atoms with Crippen LogP contribution >= 0.6 is 0 Å². The van der Waals surface area contributed by atoms with Gasteiger partial charge in [0.2, 0.25) is 0 Å². The molecule has 100 valence electrons. The van der Waals surface area contributed by atoms with Crippen molar-refractivity contribution in [2.45, 2.75) is 19.8 Å². The van der Waals surface area contributed by atoms with Crippen molar-refractivity contribution in [3.63, 3.8) is 0 Å². The second kappa shape index (κ2) is 6.39. The number of phenols is 1. The molecule has 0 spiro atoms. The molecule has 0 aliphatic carbocycles. The number of benzene rings is 2. The van der Waals surface area contributed by atoms with Crippen LogP contribution in [0.4, 0.5) is 0 Å². The second-order valence-corrected chi connectivity index (χ2v) is 5.17. The van der Waals surface area contributed by atoms with Crippen LogP contribution in [0.15, 0.2) is 48.5 Å². The van der Waals surface area contributed by atoms with Crippen LogP contribution in [0.5, 0.6) is 5.75 Å². The molecule has 0 saturated carbocycles. The Balaban J connectivity index is 2.02. The summed E-state index contributed by atoms with van der Waals surface area (Å²) in [5.41, 5.74) is 9.74. The monoisotopic (exact) mass is 255 g/mol. The van der Waals surface area contributed by atoms with E-state index in [0.29, 0.717) is 18.2 Å². The van der Waals surface area contributed by atoms with E-state index >= 15 is 0 Å². The van der Waals surface area contributed by atoms with Crippen LogP contribution < -0.4 is 5.73 Å². The molecule has 2 aromatic carbocycles. The molecule has 1 unspecified atom stereocenters. The molecule has 0 heterocycles. The highest BCUT2D eigenvalue weighted by atomic mass is 16.3. The molecule has 2 heteroatoms. The van der Waals surface area contributed by atoms with Gasteiger partial charge in [0.1, 0.15) is 5.75 Å². The van der Waals surface area contributed by atoms with Crippen molar-refractivity contribution < 1.29 is 5.11 Å². The summed E-state index contributed by atoms with van der Waals surface area (Å²) >= 11 is 0. The van der Waals surface area contributed by atoms with E-state index in [-0.39, 0.29) is 0 Å². The highest BCUT2D eigenvalue weighted by molar-refractivity contribution is 5.27. The minimum absolute atomic E-state index is 0.312. The minimum atomic E-state index is 0.312. The smallest absolute Gasteiger partial charge is 0.115 e. The SMILES string of the molecule is Cc1cccc(CC(CN)Cc2ccc(O)cc2)c1. The molecule has 0 amide bonds. The summed E-state index contributed by atoms with van der Waals surface area (Å²) in [7, 11) is 0. The van der Waals surface area contributed by atoms with Gasteiger partial charge >= 0.3 is 0 Å². The maximum atomic E-state index is 9.29. The Morgan fingerprint density at radius 3 is 2.32 bits per heavy atom. The number of nitrogens with two attached hydrogens (primary N) is 1. The zero-order valence-corrected chi connectivity index (χ0v) is 11.3. The van der Waals surface area contributed by atoms with Gasteiger partial charge in [-0.15, -0.1) is 0 Å². The van der Waals surface area contributed by atoms with Gasteiger partial charge in [-0.2, -0.15) is 0 Å². The number of aromatic hydroxyl groups is 1. The van der Waals surface area contributed by atoms with Crippen molar-refractivity contribution in [1.29, 1.82) is 0 Å². The van der Waals surface area contributed by atoms with Crippen molar-refractivity contribution >= 4 is 0 Å². The Morgan fingerprint density at radius 1 is 1.00 bits per heavy atom. The minimum Gasteiger partial charge on any atom is -0.508 e. The number of phenolic OH excluding ortho intramolecular Hbond substituents is 1. The summed E-state index contributed by atoms with van der Waals surface area (Å²) in [5, 5.41) is 9.29. The fourth-order valence-electron chi connectivity index (χ4n) is 2.38. The van der Waals surface area contributed by atoms with Crippen LogP contribution in [-0.4, -0.2) is 11.7 Å². The standard InChI is InChI=1S/C17H21NO/c1-13-3-2-4-15(9-13)11-16(12-18)10-14-5-7-17(19)8-6-14/h2-9,16,19H,10-12,18H2,1H3.